The minimum atomic E-state index is -0.835. The Labute approximate surface area is 114 Å². The van der Waals surface area contributed by atoms with Crippen molar-refractivity contribution < 1.29 is 18.7 Å². The van der Waals surface area contributed by atoms with Crippen LogP contribution in [-0.4, -0.2) is 35.8 Å². The standard InChI is InChI=1S/C12H16F2N2O2S/c1-19-7-8(5-6-17)15-12(18)16-11-9(13)3-2-4-10(11)14/h2-4,8,17H,5-7H2,1H3,(H2,15,16,18)/t8-/m1/s1. The van der Waals surface area contributed by atoms with Gasteiger partial charge in [-0.1, -0.05) is 6.07 Å². The van der Waals surface area contributed by atoms with E-state index >= 15 is 0 Å². The predicted molar refractivity (Wildman–Crippen MR) is 72.4 cm³/mol. The van der Waals surface area contributed by atoms with Crippen molar-refractivity contribution in [1.29, 1.82) is 0 Å². The molecule has 0 radical (unpaired) electrons. The van der Waals surface area contributed by atoms with Gasteiger partial charge in [-0.25, -0.2) is 13.6 Å². The van der Waals surface area contributed by atoms with Gasteiger partial charge in [0, 0.05) is 18.4 Å². The molecule has 0 aliphatic heterocycles. The highest BCUT2D eigenvalue weighted by atomic mass is 32.2. The molecule has 0 aliphatic rings. The normalized spacial score (nSPS) is 12.0. The number of para-hydroxylation sites is 1. The summed E-state index contributed by atoms with van der Waals surface area (Å²) in [4.78, 5) is 11.6. The zero-order valence-electron chi connectivity index (χ0n) is 10.5. The Balaban J connectivity index is 2.63. The number of aliphatic hydroxyl groups excluding tert-OH is 1. The Hall–Kier alpha value is -1.34. The molecule has 0 saturated heterocycles. The maximum atomic E-state index is 13.3. The molecule has 1 aromatic carbocycles. The third-order valence-electron chi connectivity index (χ3n) is 2.38. The Kier molecular flexibility index (Phi) is 6.58. The number of urea groups is 1. The first-order valence-electron chi connectivity index (χ1n) is 5.69. The number of nitrogens with one attached hydrogen (secondary N) is 2. The van der Waals surface area contributed by atoms with Gasteiger partial charge in [-0.05, 0) is 24.8 Å². The van der Waals surface area contributed by atoms with Crippen molar-refractivity contribution in [3.63, 3.8) is 0 Å². The first-order chi connectivity index (χ1) is 9.08. The van der Waals surface area contributed by atoms with E-state index < -0.39 is 23.4 Å². The number of thioether (sulfide) groups is 1. The fourth-order valence-electron chi connectivity index (χ4n) is 1.51. The van der Waals surface area contributed by atoms with E-state index in [0.29, 0.717) is 12.2 Å². The molecule has 0 saturated carbocycles. The molecule has 0 fully saturated rings. The van der Waals surface area contributed by atoms with Crippen LogP contribution in [0.2, 0.25) is 0 Å². The lowest BCUT2D eigenvalue weighted by Gasteiger charge is -2.17. The average molecular weight is 290 g/mol. The van der Waals surface area contributed by atoms with E-state index in [1.54, 1.807) is 0 Å². The van der Waals surface area contributed by atoms with Crippen molar-refractivity contribution in [3.05, 3.63) is 29.8 Å². The highest BCUT2D eigenvalue weighted by Crippen LogP contribution is 2.17. The second kappa shape index (κ2) is 7.96. The Morgan fingerprint density at radius 1 is 1.42 bits per heavy atom. The van der Waals surface area contributed by atoms with Crippen LogP contribution in [-0.2, 0) is 0 Å². The minimum absolute atomic E-state index is 0.0699. The second-order valence-electron chi connectivity index (χ2n) is 3.86. The summed E-state index contributed by atoms with van der Waals surface area (Å²) in [5, 5.41) is 13.5. The summed E-state index contributed by atoms with van der Waals surface area (Å²) in [5.41, 5.74) is -0.480. The average Bonchev–Trinajstić information content (AvgIpc) is 2.35. The van der Waals surface area contributed by atoms with Crippen LogP contribution in [0.3, 0.4) is 0 Å². The van der Waals surface area contributed by atoms with E-state index in [0.717, 1.165) is 12.1 Å². The molecule has 3 N–H and O–H groups in total. The molecule has 7 heteroatoms. The van der Waals surface area contributed by atoms with E-state index in [1.807, 2.05) is 6.26 Å². The monoisotopic (exact) mass is 290 g/mol. The summed E-state index contributed by atoms with van der Waals surface area (Å²) < 4.78 is 26.6. The first kappa shape index (κ1) is 15.7. The second-order valence-corrected chi connectivity index (χ2v) is 4.77. The summed E-state index contributed by atoms with van der Waals surface area (Å²) >= 11 is 1.50. The van der Waals surface area contributed by atoms with Gasteiger partial charge < -0.3 is 15.7 Å². The number of anilines is 1. The quantitative estimate of drug-likeness (QED) is 0.752. The van der Waals surface area contributed by atoms with Gasteiger partial charge >= 0.3 is 6.03 Å². The maximum Gasteiger partial charge on any atom is 0.319 e. The molecule has 0 bridgehead atoms. The van der Waals surface area contributed by atoms with Crippen LogP contribution in [0.5, 0.6) is 0 Å². The molecule has 0 spiro atoms. The number of hydrogen-bond donors (Lipinski definition) is 3. The number of aliphatic hydroxyl groups is 1. The fourth-order valence-corrected chi connectivity index (χ4v) is 2.16. The minimum Gasteiger partial charge on any atom is -0.396 e. The number of amides is 2. The van der Waals surface area contributed by atoms with E-state index in [-0.39, 0.29) is 12.6 Å². The van der Waals surface area contributed by atoms with Gasteiger partial charge in [0.1, 0.15) is 17.3 Å². The van der Waals surface area contributed by atoms with Crippen LogP contribution in [0.1, 0.15) is 6.42 Å². The molecule has 1 rings (SSSR count). The molecule has 0 unspecified atom stereocenters. The van der Waals surface area contributed by atoms with Crippen molar-refractivity contribution in [3.8, 4) is 0 Å². The summed E-state index contributed by atoms with van der Waals surface area (Å²) in [6, 6.07) is 2.39. The smallest absolute Gasteiger partial charge is 0.319 e. The molecule has 0 aromatic heterocycles. The molecule has 2 amide bonds. The Morgan fingerprint density at radius 3 is 2.58 bits per heavy atom. The first-order valence-corrected chi connectivity index (χ1v) is 7.09. The third kappa shape index (κ3) is 5.04. The van der Waals surface area contributed by atoms with Crippen molar-refractivity contribution in [1.82, 2.24) is 5.32 Å². The van der Waals surface area contributed by atoms with Gasteiger partial charge in [-0.15, -0.1) is 0 Å². The van der Waals surface area contributed by atoms with Gasteiger partial charge in [0.15, 0.2) is 0 Å². The molecule has 1 aromatic rings. The van der Waals surface area contributed by atoms with Crippen molar-refractivity contribution in [2.75, 3.05) is 23.9 Å². The van der Waals surface area contributed by atoms with Crippen molar-refractivity contribution in [2.45, 2.75) is 12.5 Å². The van der Waals surface area contributed by atoms with E-state index in [1.165, 1.54) is 17.8 Å². The predicted octanol–water partition coefficient (Wildman–Crippen LogP) is 2.20. The number of hydrogen-bond acceptors (Lipinski definition) is 3. The lowest BCUT2D eigenvalue weighted by Crippen LogP contribution is -2.40. The van der Waals surface area contributed by atoms with Crippen LogP contribution < -0.4 is 10.6 Å². The highest BCUT2D eigenvalue weighted by molar-refractivity contribution is 7.98. The highest BCUT2D eigenvalue weighted by Gasteiger charge is 2.15. The van der Waals surface area contributed by atoms with E-state index in [9.17, 15) is 13.6 Å². The molecule has 0 aliphatic carbocycles. The number of carbonyl (C=O) groups is 1. The number of halogens is 2. The SMILES string of the molecule is CSC[C@@H](CCO)NC(=O)Nc1c(F)cccc1F. The molecule has 106 valence electrons. The molecular weight excluding hydrogens is 274 g/mol. The molecular formula is C12H16F2N2O2S. The largest absolute Gasteiger partial charge is 0.396 e. The summed E-state index contributed by atoms with van der Waals surface area (Å²) in [6.07, 6.45) is 2.24. The number of benzene rings is 1. The van der Waals surface area contributed by atoms with Crippen LogP contribution >= 0.6 is 11.8 Å². The van der Waals surface area contributed by atoms with E-state index in [4.69, 9.17) is 5.11 Å². The van der Waals surface area contributed by atoms with Crippen LogP contribution in [0, 0.1) is 11.6 Å². The van der Waals surface area contributed by atoms with E-state index in [2.05, 4.69) is 10.6 Å². The van der Waals surface area contributed by atoms with Gasteiger partial charge in [-0.2, -0.15) is 11.8 Å². The lowest BCUT2D eigenvalue weighted by atomic mass is 10.2. The lowest BCUT2D eigenvalue weighted by molar-refractivity contribution is 0.241. The Bertz CT molecular complexity index is 406. The molecule has 1 atom stereocenters. The van der Waals surface area contributed by atoms with Gasteiger partial charge in [0.05, 0.1) is 0 Å². The summed E-state index contributed by atoms with van der Waals surface area (Å²) in [7, 11) is 0. The van der Waals surface area contributed by atoms with Gasteiger partial charge in [0.25, 0.3) is 0 Å². The summed E-state index contributed by atoms with van der Waals surface area (Å²) in [6.45, 7) is -0.0699. The Morgan fingerprint density at radius 2 is 2.05 bits per heavy atom. The number of carbonyl (C=O) groups excluding carboxylic acids is 1. The molecule has 4 nitrogen and oxygen atoms in total. The van der Waals surface area contributed by atoms with Crippen LogP contribution in [0.15, 0.2) is 18.2 Å². The van der Waals surface area contributed by atoms with Crippen molar-refractivity contribution in [2.24, 2.45) is 0 Å². The van der Waals surface area contributed by atoms with Gasteiger partial charge in [0.2, 0.25) is 0 Å². The van der Waals surface area contributed by atoms with Crippen LogP contribution in [0.4, 0.5) is 19.3 Å². The van der Waals surface area contributed by atoms with Crippen LogP contribution in [0.25, 0.3) is 0 Å². The maximum absolute atomic E-state index is 13.3. The molecule has 0 heterocycles. The third-order valence-corrected chi connectivity index (χ3v) is 3.12. The van der Waals surface area contributed by atoms with Crippen molar-refractivity contribution >= 4 is 23.5 Å². The van der Waals surface area contributed by atoms with Gasteiger partial charge in [-0.3, -0.25) is 0 Å². The molecule has 19 heavy (non-hydrogen) atoms. The fraction of sp³-hybridized carbons (Fsp3) is 0.417. The topological polar surface area (TPSA) is 61.4 Å². The zero-order valence-corrected chi connectivity index (χ0v) is 11.3. The number of rotatable bonds is 6. The summed E-state index contributed by atoms with van der Waals surface area (Å²) in [5.74, 6) is -1.06. The zero-order chi connectivity index (χ0) is 14.3.